The van der Waals surface area contributed by atoms with Gasteiger partial charge >= 0.3 is 5.97 Å². The second kappa shape index (κ2) is 4.14. The minimum atomic E-state index is -1.01. The van der Waals surface area contributed by atoms with Crippen molar-refractivity contribution >= 4 is 5.97 Å². The lowest BCUT2D eigenvalue weighted by molar-refractivity contribution is 0.0690. The summed E-state index contributed by atoms with van der Waals surface area (Å²) >= 11 is 0. The summed E-state index contributed by atoms with van der Waals surface area (Å²) in [6.45, 7) is 1.96. The summed E-state index contributed by atoms with van der Waals surface area (Å²) in [4.78, 5) is 14.7. The molecule has 0 atom stereocenters. The van der Waals surface area contributed by atoms with Crippen LogP contribution in [0.2, 0.25) is 0 Å². The van der Waals surface area contributed by atoms with Gasteiger partial charge in [-0.1, -0.05) is 6.92 Å². The Balaban J connectivity index is 2.52. The Morgan fingerprint density at radius 2 is 2.12 bits per heavy atom. The first kappa shape index (κ1) is 10.4. The van der Waals surface area contributed by atoms with E-state index in [9.17, 15) is 4.79 Å². The SMILES string of the molecule is CCc1cc(C(=O)O)nn1-c1ccncc1. The van der Waals surface area contributed by atoms with E-state index in [-0.39, 0.29) is 5.69 Å². The highest BCUT2D eigenvalue weighted by atomic mass is 16.4. The van der Waals surface area contributed by atoms with Gasteiger partial charge in [-0.25, -0.2) is 9.48 Å². The largest absolute Gasteiger partial charge is 0.476 e. The molecule has 0 saturated carbocycles. The lowest BCUT2D eigenvalue weighted by Crippen LogP contribution is -2.03. The molecular formula is C11H11N3O2. The predicted molar refractivity (Wildman–Crippen MR) is 57.7 cm³/mol. The van der Waals surface area contributed by atoms with E-state index in [4.69, 9.17) is 5.11 Å². The molecule has 82 valence electrons. The van der Waals surface area contributed by atoms with Crippen molar-refractivity contribution in [3.05, 3.63) is 42.0 Å². The summed E-state index contributed by atoms with van der Waals surface area (Å²) in [7, 11) is 0. The topological polar surface area (TPSA) is 68.0 Å². The van der Waals surface area contributed by atoms with Gasteiger partial charge < -0.3 is 5.11 Å². The van der Waals surface area contributed by atoms with Gasteiger partial charge in [0.05, 0.1) is 5.69 Å². The number of rotatable bonds is 3. The first-order valence-corrected chi connectivity index (χ1v) is 4.95. The molecule has 0 saturated heterocycles. The molecular weight excluding hydrogens is 206 g/mol. The monoisotopic (exact) mass is 217 g/mol. The highest BCUT2D eigenvalue weighted by Crippen LogP contribution is 2.12. The van der Waals surface area contributed by atoms with Crippen LogP contribution in [0.15, 0.2) is 30.6 Å². The van der Waals surface area contributed by atoms with Crippen LogP contribution in [0, 0.1) is 0 Å². The Morgan fingerprint density at radius 1 is 1.44 bits per heavy atom. The number of hydrogen-bond donors (Lipinski definition) is 1. The lowest BCUT2D eigenvalue weighted by atomic mass is 10.3. The maximum atomic E-state index is 10.8. The molecule has 2 aromatic heterocycles. The summed E-state index contributed by atoms with van der Waals surface area (Å²) in [5.41, 5.74) is 1.75. The number of aromatic nitrogens is 3. The van der Waals surface area contributed by atoms with E-state index in [1.807, 2.05) is 6.92 Å². The van der Waals surface area contributed by atoms with Gasteiger partial charge in [0.2, 0.25) is 0 Å². The van der Waals surface area contributed by atoms with Gasteiger partial charge in [0.25, 0.3) is 0 Å². The fourth-order valence-corrected chi connectivity index (χ4v) is 1.48. The van der Waals surface area contributed by atoms with E-state index >= 15 is 0 Å². The molecule has 0 amide bonds. The molecule has 0 aromatic carbocycles. The smallest absolute Gasteiger partial charge is 0.356 e. The van der Waals surface area contributed by atoms with Gasteiger partial charge in [-0.05, 0) is 24.6 Å². The van der Waals surface area contributed by atoms with E-state index in [1.54, 1.807) is 35.3 Å². The van der Waals surface area contributed by atoms with Crippen LogP contribution in [0.4, 0.5) is 0 Å². The highest BCUT2D eigenvalue weighted by Gasteiger charge is 2.12. The number of aromatic carboxylic acids is 1. The van der Waals surface area contributed by atoms with Gasteiger partial charge in [-0.3, -0.25) is 4.98 Å². The van der Waals surface area contributed by atoms with Gasteiger partial charge in [-0.2, -0.15) is 5.10 Å². The average molecular weight is 217 g/mol. The third kappa shape index (κ3) is 1.79. The molecule has 5 heteroatoms. The Bertz CT molecular complexity index is 505. The van der Waals surface area contributed by atoms with Gasteiger partial charge in [0.1, 0.15) is 0 Å². The van der Waals surface area contributed by atoms with E-state index < -0.39 is 5.97 Å². The average Bonchev–Trinajstić information content (AvgIpc) is 2.74. The quantitative estimate of drug-likeness (QED) is 0.846. The maximum Gasteiger partial charge on any atom is 0.356 e. The number of nitrogens with zero attached hydrogens (tertiary/aromatic N) is 3. The zero-order valence-electron chi connectivity index (χ0n) is 8.79. The Morgan fingerprint density at radius 3 is 2.69 bits per heavy atom. The normalized spacial score (nSPS) is 10.3. The Kier molecular flexibility index (Phi) is 2.68. The molecule has 0 fully saturated rings. The van der Waals surface area contributed by atoms with Crippen molar-refractivity contribution < 1.29 is 9.90 Å². The number of carboxylic acid groups (broad SMARTS) is 1. The number of aryl methyl sites for hydroxylation is 1. The Labute approximate surface area is 92.4 Å². The van der Waals surface area contributed by atoms with Crippen molar-refractivity contribution in [1.29, 1.82) is 0 Å². The second-order valence-corrected chi connectivity index (χ2v) is 3.30. The van der Waals surface area contributed by atoms with Crippen LogP contribution in [0.5, 0.6) is 0 Å². The maximum absolute atomic E-state index is 10.8. The van der Waals surface area contributed by atoms with Crippen LogP contribution in [-0.4, -0.2) is 25.8 Å². The third-order valence-corrected chi connectivity index (χ3v) is 2.27. The standard InChI is InChI=1S/C11H11N3O2/c1-2-8-7-10(11(15)16)13-14(8)9-3-5-12-6-4-9/h3-7H,2H2,1H3,(H,15,16). The van der Waals surface area contributed by atoms with Crippen molar-refractivity contribution in [3.63, 3.8) is 0 Å². The molecule has 0 aliphatic heterocycles. The molecule has 2 heterocycles. The number of hydrogen-bond acceptors (Lipinski definition) is 3. The second-order valence-electron chi connectivity index (χ2n) is 3.30. The zero-order chi connectivity index (χ0) is 11.5. The van der Waals surface area contributed by atoms with Crippen molar-refractivity contribution in [1.82, 2.24) is 14.8 Å². The van der Waals surface area contributed by atoms with E-state index in [0.717, 1.165) is 17.8 Å². The summed E-state index contributed by atoms with van der Waals surface area (Å²) in [5, 5.41) is 12.9. The van der Waals surface area contributed by atoms with Crippen molar-refractivity contribution in [2.45, 2.75) is 13.3 Å². The van der Waals surface area contributed by atoms with Gasteiger partial charge in [0, 0.05) is 18.1 Å². The van der Waals surface area contributed by atoms with Gasteiger partial charge in [-0.15, -0.1) is 0 Å². The minimum absolute atomic E-state index is 0.0636. The van der Waals surface area contributed by atoms with Gasteiger partial charge in [0.15, 0.2) is 5.69 Å². The van der Waals surface area contributed by atoms with E-state index in [2.05, 4.69) is 10.1 Å². The Hall–Kier alpha value is -2.17. The molecule has 16 heavy (non-hydrogen) atoms. The molecule has 0 unspecified atom stereocenters. The summed E-state index contributed by atoms with van der Waals surface area (Å²) < 4.78 is 1.63. The summed E-state index contributed by atoms with van der Waals surface area (Å²) in [5.74, 6) is -1.01. The summed E-state index contributed by atoms with van der Waals surface area (Å²) in [6.07, 6.45) is 4.02. The van der Waals surface area contributed by atoms with Crippen LogP contribution in [0.1, 0.15) is 23.1 Å². The molecule has 2 aromatic rings. The molecule has 0 radical (unpaired) electrons. The van der Waals surface area contributed by atoms with E-state index in [0.29, 0.717) is 0 Å². The number of pyridine rings is 1. The molecule has 2 rings (SSSR count). The third-order valence-electron chi connectivity index (χ3n) is 2.27. The number of carboxylic acids is 1. The molecule has 1 N–H and O–H groups in total. The van der Waals surface area contributed by atoms with Crippen LogP contribution in [-0.2, 0) is 6.42 Å². The van der Waals surface area contributed by atoms with Crippen LogP contribution < -0.4 is 0 Å². The number of carbonyl (C=O) groups is 1. The van der Waals surface area contributed by atoms with Crippen LogP contribution in [0.25, 0.3) is 5.69 Å². The highest BCUT2D eigenvalue weighted by molar-refractivity contribution is 5.85. The predicted octanol–water partition coefficient (Wildman–Crippen LogP) is 1.53. The fourth-order valence-electron chi connectivity index (χ4n) is 1.48. The minimum Gasteiger partial charge on any atom is -0.476 e. The van der Waals surface area contributed by atoms with Crippen molar-refractivity contribution in [2.75, 3.05) is 0 Å². The fraction of sp³-hybridized carbons (Fsp3) is 0.182. The molecule has 0 aliphatic rings. The van der Waals surface area contributed by atoms with Crippen molar-refractivity contribution in [3.8, 4) is 5.69 Å². The molecule has 5 nitrogen and oxygen atoms in total. The summed E-state index contributed by atoms with van der Waals surface area (Å²) in [6, 6.07) is 5.17. The molecule has 0 bridgehead atoms. The van der Waals surface area contributed by atoms with Crippen LogP contribution >= 0.6 is 0 Å². The first-order chi connectivity index (χ1) is 7.72. The molecule has 0 spiro atoms. The zero-order valence-corrected chi connectivity index (χ0v) is 8.79. The van der Waals surface area contributed by atoms with E-state index in [1.165, 1.54) is 0 Å². The van der Waals surface area contributed by atoms with Crippen molar-refractivity contribution in [2.24, 2.45) is 0 Å². The molecule has 0 aliphatic carbocycles. The first-order valence-electron chi connectivity index (χ1n) is 4.95. The van der Waals surface area contributed by atoms with Crippen LogP contribution in [0.3, 0.4) is 0 Å². The lowest BCUT2D eigenvalue weighted by Gasteiger charge is -2.04.